The number of nitrogens with one attached hydrogen (secondary N) is 2. The van der Waals surface area contributed by atoms with Crippen LogP contribution in [-0.2, 0) is 44.1 Å². The van der Waals surface area contributed by atoms with E-state index in [0.29, 0.717) is 11.1 Å². The molecule has 0 aliphatic carbocycles. The molecule has 0 saturated carbocycles. The summed E-state index contributed by atoms with van der Waals surface area (Å²) in [5, 5.41) is 6.10. The molecular weight excluding hydrogens is 532 g/mol. The van der Waals surface area contributed by atoms with Gasteiger partial charge in [-0.3, -0.25) is 9.59 Å². The van der Waals surface area contributed by atoms with E-state index in [-0.39, 0.29) is 11.7 Å². The van der Waals surface area contributed by atoms with Crippen LogP contribution in [0.15, 0.2) is 97.1 Å². The standard InChI is InChI=1S/C17H17NO4.C17H17NO2/c1-3-12-4-10-15(11-5-12)18-17(21-22-17)14-8-6-13(7-9-14)16(2)19-20-16;1-3-13-4-10-16(11-5-13)18-17(20)15-8-6-14(7-9-15)12(2)19/h4-11,18H,3H2,1-2H3;4-11H,3H2,1-2H3,(H,18,20). The van der Waals surface area contributed by atoms with Gasteiger partial charge in [0.15, 0.2) is 5.78 Å². The number of carbonyl (C=O) groups is 2. The quantitative estimate of drug-likeness (QED) is 0.125. The van der Waals surface area contributed by atoms with Crippen LogP contribution in [0, 0.1) is 0 Å². The maximum atomic E-state index is 12.1. The molecule has 8 heteroatoms. The normalized spacial score (nSPS) is 15.5. The van der Waals surface area contributed by atoms with Gasteiger partial charge >= 0.3 is 5.91 Å². The number of anilines is 2. The van der Waals surface area contributed by atoms with E-state index in [1.54, 1.807) is 24.3 Å². The van der Waals surface area contributed by atoms with Gasteiger partial charge in [-0.15, -0.1) is 0 Å². The van der Waals surface area contributed by atoms with Crippen LogP contribution in [0.5, 0.6) is 0 Å². The van der Waals surface area contributed by atoms with E-state index in [1.165, 1.54) is 18.1 Å². The Morgan fingerprint density at radius 2 is 1.10 bits per heavy atom. The lowest BCUT2D eigenvalue weighted by Gasteiger charge is -2.12. The number of benzene rings is 4. The molecule has 8 nitrogen and oxygen atoms in total. The molecule has 1 amide bonds. The second kappa shape index (κ2) is 12.3. The first-order chi connectivity index (χ1) is 20.2. The highest BCUT2D eigenvalue weighted by Gasteiger charge is 2.52. The Kier molecular flexibility index (Phi) is 8.51. The van der Waals surface area contributed by atoms with Crippen molar-refractivity contribution in [1.29, 1.82) is 0 Å². The number of hydrogen-bond acceptors (Lipinski definition) is 7. The minimum absolute atomic E-state index is 0.00730. The Balaban J connectivity index is 0.000000169. The van der Waals surface area contributed by atoms with E-state index in [4.69, 9.17) is 19.6 Å². The number of aryl methyl sites for hydroxylation is 2. The van der Waals surface area contributed by atoms with Crippen LogP contribution in [0.3, 0.4) is 0 Å². The minimum atomic E-state index is -0.904. The van der Waals surface area contributed by atoms with Gasteiger partial charge in [-0.2, -0.15) is 19.6 Å². The first-order valence-corrected chi connectivity index (χ1v) is 14.0. The minimum Gasteiger partial charge on any atom is -0.327 e. The average Bonchev–Trinajstić information content (AvgIpc) is 3.96. The zero-order chi connectivity index (χ0) is 29.7. The fourth-order valence-electron chi connectivity index (χ4n) is 4.30. The van der Waals surface area contributed by atoms with Crippen molar-refractivity contribution < 1.29 is 29.1 Å². The monoisotopic (exact) mass is 566 g/mol. The Morgan fingerprint density at radius 1 is 0.619 bits per heavy atom. The van der Waals surface area contributed by atoms with Crippen molar-refractivity contribution in [2.24, 2.45) is 0 Å². The molecule has 0 spiro atoms. The predicted octanol–water partition coefficient (Wildman–Crippen LogP) is 7.27. The predicted molar refractivity (Wildman–Crippen MR) is 159 cm³/mol. The summed E-state index contributed by atoms with van der Waals surface area (Å²) in [5.74, 6) is -1.70. The molecule has 0 aromatic heterocycles. The number of amides is 1. The Labute approximate surface area is 245 Å². The molecule has 2 saturated heterocycles. The zero-order valence-corrected chi connectivity index (χ0v) is 24.1. The summed E-state index contributed by atoms with van der Waals surface area (Å²) in [7, 11) is 0. The summed E-state index contributed by atoms with van der Waals surface area (Å²) in [4.78, 5) is 43.6. The second-order valence-corrected chi connectivity index (χ2v) is 10.3. The molecule has 42 heavy (non-hydrogen) atoms. The van der Waals surface area contributed by atoms with Gasteiger partial charge in [-0.1, -0.05) is 74.5 Å². The van der Waals surface area contributed by atoms with Gasteiger partial charge in [0.1, 0.15) is 0 Å². The molecule has 4 aromatic rings. The van der Waals surface area contributed by atoms with E-state index < -0.39 is 11.7 Å². The third-order valence-electron chi connectivity index (χ3n) is 7.22. The molecule has 4 aromatic carbocycles. The van der Waals surface area contributed by atoms with Gasteiger partial charge in [-0.05, 0) is 74.2 Å². The number of ketones is 1. The summed E-state index contributed by atoms with van der Waals surface area (Å²) in [6, 6.07) is 30.4. The lowest BCUT2D eigenvalue weighted by Crippen LogP contribution is -2.20. The van der Waals surface area contributed by atoms with Crippen LogP contribution in [0.4, 0.5) is 11.4 Å². The molecule has 2 heterocycles. The molecule has 6 rings (SSSR count). The summed E-state index contributed by atoms with van der Waals surface area (Å²) in [6.07, 6.45) is 1.99. The summed E-state index contributed by atoms with van der Waals surface area (Å²) < 4.78 is 0. The van der Waals surface area contributed by atoms with Gasteiger partial charge in [0.05, 0.1) is 0 Å². The molecule has 2 aliphatic rings. The maximum absolute atomic E-state index is 12.1. The van der Waals surface area contributed by atoms with Gasteiger partial charge in [0.25, 0.3) is 11.7 Å². The van der Waals surface area contributed by atoms with E-state index >= 15 is 0 Å². The van der Waals surface area contributed by atoms with Gasteiger partial charge < -0.3 is 10.6 Å². The third kappa shape index (κ3) is 6.92. The van der Waals surface area contributed by atoms with E-state index in [1.807, 2.05) is 67.6 Å². The molecule has 2 N–H and O–H groups in total. The van der Waals surface area contributed by atoms with Crippen LogP contribution >= 0.6 is 0 Å². The lowest BCUT2D eigenvalue weighted by molar-refractivity contribution is 0.0850. The largest absolute Gasteiger partial charge is 0.335 e. The van der Waals surface area contributed by atoms with Crippen molar-refractivity contribution in [1.82, 2.24) is 0 Å². The van der Waals surface area contributed by atoms with Crippen molar-refractivity contribution in [3.8, 4) is 0 Å². The zero-order valence-electron chi connectivity index (χ0n) is 24.1. The van der Waals surface area contributed by atoms with Crippen molar-refractivity contribution >= 4 is 23.1 Å². The van der Waals surface area contributed by atoms with E-state index in [9.17, 15) is 9.59 Å². The number of hydrogen-bond donors (Lipinski definition) is 2. The van der Waals surface area contributed by atoms with Crippen molar-refractivity contribution in [3.63, 3.8) is 0 Å². The average molecular weight is 567 g/mol. The number of carbonyl (C=O) groups excluding carboxylic acids is 2. The van der Waals surface area contributed by atoms with Crippen molar-refractivity contribution in [2.75, 3.05) is 10.6 Å². The Bertz CT molecular complexity index is 1520. The van der Waals surface area contributed by atoms with Crippen LogP contribution < -0.4 is 10.6 Å². The molecule has 0 atom stereocenters. The topological polar surface area (TPSA) is 108 Å². The molecule has 216 valence electrons. The summed E-state index contributed by atoms with van der Waals surface area (Å²) in [6.45, 7) is 7.59. The molecule has 2 aliphatic heterocycles. The fourth-order valence-corrected chi connectivity index (χ4v) is 4.30. The molecule has 0 bridgehead atoms. The van der Waals surface area contributed by atoms with Crippen LogP contribution in [0.1, 0.15) is 70.7 Å². The van der Waals surface area contributed by atoms with Crippen molar-refractivity contribution in [2.45, 2.75) is 52.2 Å². The van der Waals surface area contributed by atoms with E-state index in [2.05, 4.69) is 36.6 Å². The first-order valence-electron chi connectivity index (χ1n) is 14.0. The summed E-state index contributed by atoms with van der Waals surface area (Å²) in [5.41, 5.74) is 7.22. The highest BCUT2D eigenvalue weighted by atomic mass is 17.4. The molecule has 0 unspecified atom stereocenters. The molecule has 2 fully saturated rings. The van der Waals surface area contributed by atoms with Crippen LogP contribution in [0.2, 0.25) is 0 Å². The molecular formula is C34H34N2O6. The first kappa shape index (κ1) is 29.2. The summed E-state index contributed by atoms with van der Waals surface area (Å²) >= 11 is 0. The van der Waals surface area contributed by atoms with Crippen LogP contribution in [0.25, 0.3) is 0 Å². The lowest BCUT2D eigenvalue weighted by atomic mass is 10.0. The smallest absolute Gasteiger partial charge is 0.327 e. The molecule has 0 radical (unpaired) electrons. The van der Waals surface area contributed by atoms with Crippen LogP contribution in [-0.4, -0.2) is 11.7 Å². The SMILES string of the molecule is CCc1ccc(NC(=O)c2ccc(C(C)=O)cc2)cc1.CCc1ccc(NC2(c3ccc(C4(C)OO4)cc3)OO2)cc1. The van der Waals surface area contributed by atoms with E-state index in [0.717, 1.165) is 35.3 Å². The number of rotatable bonds is 9. The van der Waals surface area contributed by atoms with Crippen molar-refractivity contribution in [3.05, 3.63) is 130 Å². The Morgan fingerprint density at radius 3 is 1.55 bits per heavy atom. The third-order valence-corrected chi connectivity index (χ3v) is 7.22. The fraction of sp³-hybridized carbons (Fsp3) is 0.235. The van der Waals surface area contributed by atoms with Gasteiger partial charge in [0.2, 0.25) is 0 Å². The second-order valence-electron chi connectivity index (χ2n) is 10.3. The highest BCUT2D eigenvalue weighted by molar-refractivity contribution is 6.05. The van der Waals surface area contributed by atoms with Gasteiger partial charge in [0, 0.05) is 33.6 Å². The maximum Gasteiger partial charge on any atom is 0.335 e. The number of Topliss-reactive ketones (excluding diaryl/α,β-unsaturated/α-hetero) is 1. The van der Waals surface area contributed by atoms with Gasteiger partial charge in [-0.25, -0.2) is 0 Å². The Hall–Kier alpha value is -4.34. The highest BCUT2D eigenvalue weighted by Crippen LogP contribution is 2.44.